The van der Waals surface area contributed by atoms with Crippen LogP contribution in [0.15, 0.2) is 218 Å². The minimum absolute atomic E-state index is 0.241. The molecule has 4 nitrogen and oxygen atoms in total. The highest BCUT2D eigenvalue weighted by molar-refractivity contribution is 6.33. The van der Waals surface area contributed by atoms with E-state index in [1.807, 2.05) is 36.4 Å². The molecule has 1 aliphatic rings. The Morgan fingerprint density at radius 2 is 0.779 bits per heavy atom. The number of aromatic nitrogens is 4. The first kappa shape index (κ1) is 38.5. The summed E-state index contributed by atoms with van der Waals surface area (Å²) >= 11 is 0. The van der Waals surface area contributed by atoms with Crippen LogP contribution in [0, 0.1) is 0 Å². The maximum Gasteiger partial charge on any atom is 0.164 e. The van der Waals surface area contributed by atoms with E-state index < -0.39 is 0 Å². The number of para-hydroxylation sites is 2. The number of rotatable bonds is 5. The molecular formula is C64H42N4. The van der Waals surface area contributed by atoms with Crippen LogP contribution in [-0.4, -0.2) is 19.5 Å². The Morgan fingerprint density at radius 3 is 1.46 bits per heavy atom. The van der Waals surface area contributed by atoms with E-state index in [1.165, 1.54) is 98.4 Å². The van der Waals surface area contributed by atoms with Crippen molar-refractivity contribution in [2.45, 2.75) is 19.3 Å². The Hall–Kier alpha value is -8.73. The van der Waals surface area contributed by atoms with Crippen LogP contribution in [0.25, 0.3) is 127 Å². The van der Waals surface area contributed by atoms with Crippen molar-refractivity contribution < 1.29 is 0 Å². The number of fused-ring (bicyclic) bond motifs is 14. The van der Waals surface area contributed by atoms with E-state index in [9.17, 15) is 0 Å². The van der Waals surface area contributed by atoms with Crippen molar-refractivity contribution in [2.75, 3.05) is 0 Å². The van der Waals surface area contributed by atoms with Crippen LogP contribution in [0.3, 0.4) is 0 Å². The molecule has 0 saturated carbocycles. The Morgan fingerprint density at radius 1 is 0.309 bits per heavy atom. The lowest BCUT2D eigenvalue weighted by Gasteiger charge is -2.23. The minimum atomic E-state index is -0.241. The van der Waals surface area contributed by atoms with Gasteiger partial charge in [-0.15, -0.1) is 0 Å². The second-order valence-corrected chi connectivity index (χ2v) is 18.7. The van der Waals surface area contributed by atoms with Crippen LogP contribution in [0.2, 0.25) is 0 Å². The van der Waals surface area contributed by atoms with Gasteiger partial charge in [0, 0.05) is 38.6 Å². The minimum Gasteiger partial charge on any atom is -0.309 e. The zero-order chi connectivity index (χ0) is 45.1. The average molecular weight is 867 g/mol. The first-order valence-electron chi connectivity index (χ1n) is 23.4. The average Bonchev–Trinajstić information content (AvgIpc) is 3.84. The van der Waals surface area contributed by atoms with E-state index in [-0.39, 0.29) is 5.41 Å². The highest BCUT2D eigenvalue weighted by Gasteiger charge is 2.37. The molecule has 318 valence electrons. The monoisotopic (exact) mass is 866 g/mol. The molecule has 0 saturated heterocycles. The molecule has 0 atom stereocenters. The van der Waals surface area contributed by atoms with Crippen LogP contribution in [0.1, 0.15) is 25.0 Å². The van der Waals surface area contributed by atoms with E-state index in [0.717, 1.165) is 22.3 Å². The number of benzene rings is 11. The molecule has 0 N–H and O–H groups in total. The zero-order valence-corrected chi connectivity index (χ0v) is 37.6. The molecule has 68 heavy (non-hydrogen) atoms. The largest absolute Gasteiger partial charge is 0.309 e. The van der Waals surface area contributed by atoms with Gasteiger partial charge in [0.25, 0.3) is 0 Å². The van der Waals surface area contributed by atoms with Gasteiger partial charge in [-0.05, 0) is 131 Å². The zero-order valence-electron chi connectivity index (χ0n) is 37.6. The summed E-state index contributed by atoms with van der Waals surface area (Å²) < 4.78 is 2.44. The van der Waals surface area contributed by atoms with Gasteiger partial charge >= 0.3 is 0 Å². The maximum absolute atomic E-state index is 5.10. The first-order valence-corrected chi connectivity index (χ1v) is 23.4. The second kappa shape index (κ2) is 14.6. The van der Waals surface area contributed by atoms with Crippen LogP contribution in [-0.2, 0) is 5.41 Å². The lowest BCUT2D eigenvalue weighted by molar-refractivity contribution is 0.662. The smallest absolute Gasteiger partial charge is 0.164 e. The van der Waals surface area contributed by atoms with E-state index in [1.54, 1.807) is 0 Å². The summed E-state index contributed by atoms with van der Waals surface area (Å²) in [6.07, 6.45) is 0. The predicted molar refractivity (Wildman–Crippen MR) is 283 cm³/mol. The molecule has 0 fully saturated rings. The van der Waals surface area contributed by atoms with Gasteiger partial charge in [0.1, 0.15) is 0 Å². The molecule has 4 heteroatoms. The Balaban J connectivity index is 0.987. The van der Waals surface area contributed by atoms with E-state index >= 15 is 0 Å². The van der Waals surface area contributed by atoms with Crippen LogP contribution in [0.4, 0.5) is 0 Å². The van der Waals surface area contributed by atoms with Crippen LogP contribution in [0.5, 0.6) is 0 Å². The molecular weight excluding hydrogens is 825 g/mol. The van der Waals surface area contributed by atoms with Crippen molar-refractivity contribution in [3.63, 3.8) is 0 Å². The number of hydrogen-bond donors (Lipinski definition) is 0. The predicted octanol–water partition coefficient (Wildman–Crippen LogP) is 16.6. The SMILES string of the molecule is CC1(C)c2cc3c(cc2-c2cc4c5ccccc5n(-c5ccccc5)c4cc21)c1ccccc1c1cc(-c2cccc(-c4nc(-c5ccccc5)nc(-c5ccccc5)n4)c2)c2ccccc2c31. The molecule has 1 aliphatic carbocycles. The third-order valence-corrected chi connectivity index (χ3v) is 14.6. The van der Waals surface area contributed by atoms with Gasteiger partial charge in [-0.1, -0.05) is 178 Å². The first-order chi connectivity index (χ1) is 33.5. The fraction of sp³-hybridized carbons (Fsp3) is 0.0469. The Labute approximate surface area is 393 Å². The van der Waals surface area contributed by atoms with Gasteiger partial charge in [-0.2, -0.15) is 0 Å². The lowest BCUT2D eigenvalue weighted by Crippen LogP contribution is -2.15. The number of nitrogens with zero attached hydrogens (tertiary/aromatic N) is 4. The van der Waals surface area contributed by atoms with Gasteiger partial charge < -0.3 is 4.57 Å². The molecule has 0 aliphatic heterocycles. The quantitative estimate of drug-likeness (QED) is 0.162. The molecule has 0 bridgehead atoms. The Kier molecular flexibility index (Phi) is 8.29. The second-order valence-electron chi connectivity index (χ2n) is 18.7. The summed E-state index contributed by atoms with van der Waals surface area (Å²) in [4.78, 5) is 15.2. The fourth-order valence-corrected chi connectivity index (χ4v) is 11.4. The highest BCUT2D eigenvalue weighted by atomic mass is 15.0. The van der Waals surface area contributed by atoms with Crippen molar-refractivity contribution >= 4 is 64.9 Å². The van der Waals surface area contributed by atoms with Gasteiger partial charge in [0.05, 0.1) is 11.0 Å². The van der Waals surface area contributed by atoms with E-state index in [2.05, 4.69) is 200 Å². The summed E-state index contributed by atoms with van der Waals surface area (Å²) in [6, 6.07) is 79.1. The summed E-state index contributed by atoms with van der Waals surface area (Å²) in [5.74, 6) is 1.94. The van der Waals surface area contributed by atoms with Gasteiger partial charge in [0.15, 0.2) is 17.5 Å². The van der Waals surface area contributed by atoms with Crippen LogP contribution < -0.4 is 0 Å². The summed E-state index contributed by atoms with van der Waals surface area (Å²) in [7, 11) is 0. The maximum atomic E-state index is 5.10. The van der Waals surface area contributed by atoms with Crippen molar-refractivity contribution in [3.05, 3.63) is 230 Å². The van der Waals surface area contributed by atoms with Crippen molar-refractivity contribution in [2.24, 2.45) is 0 Å². The summed E-state index contributed by atoms with van der Waals surface area (Å²) in [5, 5.41) is 12.6. The topological polar surface area (TPSA) is 43.6 Å². The molecule has 2 heterocycles. The third-order valence-electron chi connectivity index (χ3n) is 14.6. The Bertz CT molecular complexity index is 4150. The molecule has 2 aromatic heterocycles. The van der Waals surface area contributed by atoms with Crippen molar-refractivity contribution in [1.29, 1.82) is 0 Å². The fourth-order valence-electron chi connectivity index (χ4n) is 11.4. The molecule has 0 radical (unpaired) electrons. The van der Waals surface area contributed by atoms with Gasteiger partial charge in [-0.3, -0.25) is 0 Å². The molecule has 0 unspecified atom stereocenters. The molecule has 13 aromatic rings. The normalized spacial score (nSPS) is 13.0. The van der Waals surface area contributed by atoms with Gasteiger partial charge in [0.2, 0.25) is 0 Å². The summed E-state index contributed by atoms with van der Waals surface area (Å²) in [5.41, 5.74) is 13.9. The lowest BCUT2D eigenvalue weighted by atomic mass is 9.80. The number of hydrogen-bond acceptors (Lipinski definition) is 3. The molecule has 11 aromatic carbocycles. The van der Waals surface area contributed by atoms with E-state index in [4.69, 9.17) is 15.0 Å². The molecule has 14 rings (SSSR count). The van der Waals surface area contributed by atoms with E-state index in [0.29, 0.717) is 17.5 Å². The third kappa shape index (κ3) is 5.71. The van der Waals surface area contributed by atoms with Crippen LogP contribution >= 0.6 is 0 Å². The molecule has 0 spiro atoms. The summed E-state index contributed by atoms with van der Waals surface area (Å²) in [6.45, 7) is 4.82. The highest BCUT2D eigenvalue weighted by Crippen LogP contribution is 2.54. The van der Waals surface area contributed by atoms with Crippen molar-refractivity contribution in [3.8, 4) is 62.1 Å². The van der Waals surface area contributed by atoms with Gasteiger partial charge in [-0.25, -0.2) is 15.0 Å². The van der Waals surface area contributed by atoms with Crippen molar-refractivity contribution in [1.82, 2.24) is 19.5 Å². The standard InChI is InChI=1S/C64H42N4/c1-64(2)56-37-55-50(35-51(56)52-36-53-47-30-16-17-32-58(47)68(59(53)38-57(52)64)43-25-10-5-11-26-43)44-27-12-13-28-45(44)54-34-49(46-29-14-15-31-48(46)60(54)55)41-23-18-24-42(33-41)63-66-61(39-19-6-3-7-20-39)65-62(67-63)40-21-8-4-9-22-40/h3-38H,1-2H3. The molecule has 0 amide bonds.